The molecule has 54 heavy (non-hydrogen) atoms. The van der Waals surface area contributed by atoms with Crippen molar-refractivity contribution in [1.29, 1.82) is 0 Å². The van der Waals surface area contributed by atoms with Crippen LogP contribution in [-0.4, -0.2) is 80.1 Å². The fourth-order valence-corrected chi connectivity index (χ4v) is 4.26. The van der Waals surface area contributed by atoms with E-state index in [1.54, 1.807) is 41.5 Å². The zero-order chi connectivity index (χ0) is 37.7. The molecule has 0 rings (SSSR count). The Morgan fingerprint density at radius 3 is 0.981 bits per heavy atom. The Morgan fingerprint density at radius 2 is 0.741 bits per heavy atom. The van der Waals surface area contributed by atoms with Gasteiger partial charge in [-0.05, 0) is 99.8 Å². The van der Waals surface area contributed by atoms with E-state index in [2.05, 4.69) is 17.6 Å². The molecule has 0 saturated carbocycles. The van der Waals surface area contributed by atoms with Crippen molar-refractivity contribution in [3.05, 3.63) is 0 Å². The number of carbonyl (C=O) groups is 2. The first-order valence-corrected chi connectivity index (χ1v) is 20.2. The van der Waals surface area contributed by atoms with Gasteiger partial charge in [0.15, 0.2) is 0 Å². The summed E-state index contributed by atoms with van der Waals surface area (Å²) in [5.74, 6) is -1.59. The molecule has 0 aliphatic heterocycles. The second kappa shape index (κ2) is 55.0. The molecule has 0 fully saturated rings. The van der Waals surface area contributed by atoms with Crippen LogP contribution in [0.3, 0.4) is 0 Å². The van der Waals surface area contributed by atoms with Gasteiger partial charge in [0.05, 0.1) is 16.6 Å². The summed E-state index contributed by atoms with van der Waals surface area (Å²) in [6.07, 6.45) is 21.7. The number of rotatable bonds is 26. The normalized spacial score (nSPS) is 10.1. The summed E-state index contributed by atoms with van der Waals surface area (Å²) in [4.78, 5) is 20.0. The van der Waals surface area contributed by atoms with Crippen LogP contribution in [0.1, 0.15) is 164 Å². The predicted octanol–water partition coefficient (Wildman–Crippen LogP) is 7.88. The molecule has 0 radical (unpaired) electrons. The van der Waals surface area contributed by atoms with Crippen LogP contribution in [0.5, 0.6) is 0 Å². The van der Waals surface area contributed by atoms with Crippen molar-refractivity contribution in [2.24, 2.45) is 22.3 Å². The molecule has 0 heterocycles. The summed E-state index contributed by atoms with van der Waals surface area (Å²) in [6, 6.07) is 0. The summed E-state index contributed by atoms with van der Waals surface area (Å²) in [5, 5.41) is 23.4. The van der Waals surface area contributed by atoms with Gasteiger partial charge < -0.3 is 56.9 Å². The number of carboxylic acid groups (broad SMARTS) is 2. The summed E-state index contributed by atoms with van der Waals surface area (Å²) in [7, 11) is -3.73. The quantitative estimate of drug-likeness (QED) is 0.0290. The molecule has 0 amide bonds. The SMILES string of the molecule is CC(C)(C)C(=O)O.CC(C)(C)C(=O)O.CCCCCCCCCCCCS(=O)(=O)O.N.N.N.N.NCCCCCCNCCNCCCCCCN.[Pt].[Pt]. The third-order valence-electron chi connectivity index (χ3n) is 7.13. The van der Waals surface area contributed by atoms with Crippen LogP contribution < -0.4 is 46.7 Å². The molecule has 344 valence electrons. The molecule has 0 atom stereocenters. The summed E-state index contributed by atoms with van der Waals surface area (Å²) < 4.78 is 29.4. The Hall–Kier alpha value is -0.0934. The first-order valence-electron chi connectivity index (χ1n) is 18.6. The number of hydrogen-bond donors (Lipinski definition) is 11. The van der Waals surface area contributed by atoms with E-state index in [0.717, 1.165) is 52.1 Å². The number of aliphatic carboxylic acids is 2. The molecule has 18 heteroatoms. The fraction of sp³-hybridized carbons (Fsp3) is 0.944. The van der Waals surface area contributed by atoms with Crippen LogP contribution in [0, 0.1) is 10.8 Å². The average Bonchev–Trinajstić information content (AvgIpc) is 2.98. The molecular weight excluding hydrogens is 1080 g/mol. The second-order valence-electron chi connectivity index (χ2n) is 14.5. The monoisotopic (exact) mass is 1170 g/mol. The second-order valence-corrected chi connectivity index (χ2v) is 16.1. The molecule has 0 bridgehead atoms. The van der Waals surface area contributed by atoms with Crippen molar-refractivity contribution in [1.82, 2.24) is 35.2 Å². The Morgan fingerprint density at radius 1 is 0.500 bits per heavy atom. The molecular formula is C36H92N8O7Pt2S. The van der Waals surface area contributed by atoms with E-state index in [0.29, 0.717) is 6.42 Å². The molecule has 0 spiro atoms. The fourth-order valence-electron chi connectivity index (χ4n) is 3.69. The van der Waals surface area contributed by atoms with Crippen molar-refractivity contribution in [3.63, 3.8) is 0 Å². The van der Waals surface area contributed by atoms with Crippen LogP contribution in [0.25, 0.3) is 0 Å². The Balaban J connectivity index is -0.0000000617. The van der Waals surface area contributed by atoms with Crippen molar-refractivity contribution >= 4 is 22.1 Å². The van der Waals surface area contributed by atoms with Gasteiger partial charge >= 0.3 is 11.9 Å². The number of carboxylic acids is 2. The van der Waals surface area contributed by atoms with Crippen molar-refractivity contribution in [2.45, 2.75) is 164 Å². The largest absolute Gasteiger partial charge is 0.481 e. The van der Waals surface area contributed by atoms with Gasteiger partial charge in [0, 0.05) is 55.2 Å². The van der Waals surface area contributed by atoms with Gasteiger partial charge in [0.25, 0.3) is 10.1 Å². The summed E-state index contributed by atoms with van der Waals surface area (Å²) in [6.45, 7) is 18.3. The molecule has 0 aromatic carbocycles. The van der Waals surface area contributed by atoms with Gasteiger partial charge in [-0.25, -0.2) is 0 Å². The summed E-state index contributed by atoms with van der Waals surface area (Å²) in [5.41, 5.74) is 9.72. The molecule has 0 aliphatic carbocycles. The summed E-state index contributed by atoms with van der Waals surface area (Å²) >= 11 is 0. The first kappa shape index (κ1) is 78.3. The topological polar surface area (TPSA) is 345 Å². The number of nitrogens with one attached hydrogen (secondary N) is 2. The zero-order valence-corrected chi connectivity index (χ0v) is 41.0. The maximum Gasteiger partial charge on any atom is 0.308 e. The van der Waals surface area contributed by atoms with Gasteiger partial charge in [-0.3, -0.25) is 14.1 Å². The first-order chi connectivity index (χ1) is 22.4. The predicted molar refractivity (Wildman–Crippen MR) is 223 cm³/mol. The van der Waals surface area contributed by atoms with Crippen LogP contribution in [-0.2, 0) is 61.8 Å². The maximum atomic E-state index is 10.4. The molecule has 0 aromatic rings. The Bertz CT molecular complexity index is 784. The van der Waals surface area contributed by atoms with E-state index in [4.69, 9.17) is 26.2 Å². The molecule has 0 aliphatic rings. The minimum Gasteiger partial charge on any atom is -0.481 e. The number of unbranched alkanes of at least 4 members (excludes halogenated alkanes) is 15. The van der Waals surface area contributed by atoms with E-state index >= 15 is 0 Å². The number of nitrogens with two attached hydrogens (primary N) is 2. The molecule has 0 unspecified atom stereocenters. The van der Waals surface area contributed by atoms with Gasteiger partial charge in [0.2, 0.25) is 0 Å². The Labute approximate surface area is 361 Å². The molecule has 15 nitrogen and oxygen atoms in total. The van der Waals surface area contributed by atoms with E-state index in [1.807, 2.05) is 0 Å². The molecule has 0 aromatic heterocycles. The Kier molecular flexibility index (Phi) is 79.7. The van der Waals surface area contributed by atoms with Gasteiger partial charge in [-0.15, -0.1) is 0 Å². The van der Waals surface area contributed by atoms with Crippen LogP contribution in [0.15, 0.2) is 0 Å². The molecule has 0 saturated heterocycles. The smallest absolute Gasteiger partial charge is 0.308 e. The van der Waals surface area contributed by atoms with Crippen molar-refractivity contribution in [3.8, 4) is 0 Å². The zero-order valence-electron chi connectivity index (χ0n) is 35.7. The third-order valence-corrected chi connectivity index (χ3v) is 7.94. The van der Waals surface area contributed by atoms with Crippen LogP contribution >= 0.6 is 0 Å². The standard InChI is InChI=1S/C14H34N4.C12H26O3S.2C5H10O2.4H3N.2Pt/c15-9-5-1-3-7-11-17-13-14-18-12-8-4-2-6-10-16;1-2-3-4-5-6-7-8-9-10-11-12-16(13,14)15;2*1-5(2,3)4(6)7;;;;;;/h17-18H,1-16H2;2-12H2,1H3,(H,13,14,15);2*1-3H3,(H,6,7);4*1H3;;. The van der Waals surface area contributed by atoms with E-state index < -0.39 is 32.9 Å². The maximum absolute atomic E-state index is 10.4. The minimum absolute atomic E-state index is 0. The van der Waals surface area contributed by atoms with E-state index in [-0.39, 0.29) is 72.5 Å². The third kappa shape index (κ3) is 84.5. The minimum atomic E-state index is -3.73. The molecule has 21 N–H and O–H groups in total. The van der Waals surface area contributed by atoms with E-state index in [1.165, 1.54) is 96.3 Å². The van der Waals surface area contributed by atoms with Gasteiger partial charge in [0.1, 0.15) is 0 Å². The van der Waals surface area contributed by atoms with E-state index in [9.17, 15) is 18.0 Å². The van der Waals surface area contributed by atoms with Crippen molar-refractivity contribution < 1.29 is 74.9 Å². The number of hydrogen-bond acceptors (Lipinski definition) is 12. The average molecular weight is 1170 g/mol. The van der Waals surface area contributed by atoms with Crippen LogP contribution in [0.4, 0.5) is 0 Å². The van der Waals surface area contributed by atoms with Crippen molar-refractivity contribution in [2.75, 3.05) is 45.0 Å². The van der Waals surface area contributed by atoms with Crippen LogP contribution in [0.2, 0.25) is 0 Å². The van der Waals surface area contributed by atoms with Gasteiger partial charge in [-0.2, -0.15) is 8.42 Å². The van der Waals surface area contributed by atoms with Gasteiger partial charge in [-0.1, -0.05) is 90.4 Å².